The minimum absolute atomic E-state index is 0. The number of hydrogen-bond acceptors (Lipinski definition) is 7. The van der Waals surface area contributed by atoms with Crippen molar-refractivity contribution in [2.75, 3.05) is 0 Å². The Morgan fingerprint density at radius 1 is 0.193 bits per heavy atom. The maximum Gasteiger partial charge on any atom is 0.0242 e. The van der Waals surface area contributed by atoms with E-state index >= 15 is 0 Å². The van der Waals surface area contributed by atoms with E-state index in [1.807, 2.05) is 270 Å². The van der Waals surface area contributed by atoms with Crippen LogP contribution in [0.5, 0.6) is 0 Å². The van der Waals surface area contributed by atoms with Crippen molar-refractivity contribution in [2.24, 2.45) is 0 Å². The summed E-state index contributed by atoms with van der Waals surface area (Å²) in [6.45, 7) is 20.7. The van der Waals surface area contributed by atoms with E-state index in [-0.39, 0.29) is 103 Å². The summed E-state index contributed by atoms with van der Waals surface area (Å²) in [6.07, 6.45) is 13.3. The Balaban J connectivity index is 0.000000291. The minimum atomic E-state index is 0. The van der Waals surface area contributed by atoms with Gasteiger partial charge in [0.15, 0.2) is 0 Å². The predicted octanol–water partition coefficient (Wildman–Crippen LogP) is 27.8. The maximum absolute atomic E-state index is 4.55. The molecule has 0 aliphatic heterocycles. The molecule has 0 atom stereocenters. The van der Waals surface area contributed by atoms with Crippen molar-refractivity contribution in [2.45, 2.75) is 91.5 Å². The fourth-order valence-electron chi connectivity index (χ4n) is 11.6. The van der Waals surface area contributed by atoms with E-state index in [1.54, 1.807) is 6.20 Å². The number of nitrogens with zero attached hydrogens (tertiary/aromatic N) is 7. The van der Waals surface area contributed by atoms with Crippen molar-refractivity contribution in [1.82, 2.24) is 34.9 Å². The van der Waals surface area contributed by atoms with Crippen LogP contribution in [0, 0.1) is 112 Å². The number of hydrogen-bond donors (Lipinski definition) is 0. The van der Waals surface area contributed by atoms with Crippen LogP contribution in [0.1, 0.15) is 77.9 Å². The molecule has 0 aliphatic carbocycles. The molecule has 0 bridgehead atoms. The first kappa shape index (κ1) is 100. The Morgan fingerprint density at radius 3 is 0.723 bits per heavy atom. The standard InChI is InChI=1S/3C18H14N.3C13H12N.C12H10N.3CH4.4Ir/c3*1-14-12-18(16-10-6-3-7-11-16)19-13-17(14)15-8-4-2-5-9-15;3*1-10-3-6-12(7-4-10)13-8-5-11(2)9-14-13;1-10-5-4-6-11(9-10)12-7-2-3-8-13-12;;;;;;;/h3*2-10,12-13H,1H3;3*3-6,8-9H,1-2H3;2-5,7-9H,1H3;3*1H4;;;;/q7*-1;;;;;;;. The molecule has 0 aliphatic rings. The van der Waals surface area contributed by atoms with Gasteiger partial charge >= 0.3 is 0 Å². The molecule has 7 heterocycles. The maximum atomic E-state index is 4.55. The molecule has 0 amide bonds. The molecule has 17 aromatic rings. The molecule has 0 spiro atoms. The van der Waals surface area contributed by atoms with Crippen molar-refractivity contribution in [3.05, 3.63) is 451 Å². The van der Waals surface area contributed by atoms with Gasteiger partial charge in [-0.15, -0.1) is 249 Å². The summed E-state index contributed by atoms with van der Waals surface area (Å²) in [5.74, 6) is 0. The van der Waals surface area contributed by atoms with Crippen LogP contribution in [-0.4, -0.2) is 34.9 Å². The first-order chi connectivity index (χ1) is 54.7. The second kappa shape index (κ2) is 52.6. The normalized spacial score (nSPS) is 9.63. The first-order valence-corrected chi connectivity index (χ1v) is 37.3. The molecule has 119 heavy (non-hydrogen) atoms. The molecule has 0 saturated carbocycles. The number of pyridine rings is 7. The number of benzene rings is 10. The van der Waals surface area contributed by atoms with Gasteiger partial charge in [-0.1, -0.05) is 208 Å². The van der Waals surface area contributed by atoms with Crippen molar-refractivity contribution in [3.8, 4) is 112 Å². The van der Waals surface area contributed by atoms with Gasteiger partial charge in [-0.05, 0) is 138 Å². The molecule has 0 unspecified atom stereocenters. The van der Waals surface area contributed by atoms with E-state index in [9.17, 15) is 0 Å². The van der Waals surface area contributed by atoms with E-state index in [0.717, 1.165) is 78.8 Å². The van der Waals surface area contributed by atoms with Gasteiger partial charge in [0, 0.05) is 140 Å². The van der Waals surface area contributed by atoms with E-state index in [4.69, 9.17) is 0 Å². The second-order valence-corrected chi connectivity index (χ2v) is 27.1. The number of aryl methyl sites for hydroxylation is 10. The summed E-state index contributed by atoms with van der Waals surface area (Å²) < 4.78 is 0. The zero-order valence-electron chi connectivity index (χ0n) is 66.5. The van der Waals surface area contributed by atoms with Gasteiger partial charge in [0.2, 0.25) is 0 Å². The Labute approximate surface area is 763 Å². The Morgan fingerprint density at radius 2 is 0.471 bits per heavy atom. The second-order valence-electron chi connectivity index (χ2n) is 27.1. The van der Waals surface area contributed by atoms with Gasteiger partial charge in [0.1, 0.15) is 0 Å². The van der Waals surface area contributed by atoms with Crippen LogP contribution in [0.2, 0.25) is 0 Å². The van der Waals surface area contributed by atoms with Crippen LogP contribution in [-0.2, 0) is 80.4 Å². The molecule has 7 nitrogen and oxygen atoms in total. The molecule has 0 saturated heterocycles. The zero-order chi connectivity index (χ0) is 78.2. The van der Waals surface area contributed by atoms with Crippen molar-refractivity contribution in [3.63, 3.8) is 0 Å². The van der Waals surface area contributed by atoms with Crippen LogP contribution in [0.4, 0.5) is 0 Å². The van der Waals surface area contributed by atoms with E-state index in [0.29, 0.717) is 0 Å². The Kier molecular flexibility index (Phi) is 44.3. The van der Waals surface area contributed by atoms with E-state index in [1.165, 1.54) is 89.0 Å². The third kappa shape index (κ3) is 31.3. The molecule has 0 fully saturated rings. The molecule has 7 aromatic heterocycles. The predicted molar refractivity (Wildman–Crippen MR) is 483 cm³/mol. The Bertz CT molecular complexity index is 5030. The van der Waals surface area contributed by atoms with Crippen LogP contribution in [0.3, 0.4) is 0 Å². The van der Waals surface area contributed by atoms with E-state index < -0.39 is 0 Å². The minimum Gasteiger partial charge on any atom is -0.305 e. The van der Waals surface area contributed by atoms with Gasteiger partial charge in [0.05, 0.1) is 0 Å². The quantitative estimate of drug-likeness (QED) is 0.126. The summed E-state index contributed by atoms with van der Waals surface area (Å²) in [7, 11) is 0. The van der Waals surface area contributed by atoms with Gasteiger partial charge in [-0.25, -0.2) is 0 Å². The largest absolute Gasteiger partial charge is 0.305 e. The summed E-state index contributed by atoms with van der Waals surface area (Å²) in [5, 5.41) is 0. The first-order valence-electron chi connectivity index (χ1n) is 37.3. The van der Waals surface area contributed by atoms with Crippen molar-refractivity contribution in [1.29, 1.82) is 0 Å². The Hall–Kier alpha value is -11.2. The fraction of sp³-hybridized carbons (Fsp3) is 0.120. The zero-order valence-corrected chi connectivity index (χ0v) is 76.0. The molecule has 4 radical (unpaired) electrons. The summed E-state index contributed by atoms with van der Waals surface area (Å²) >= 11 is 0. The summed E-state index contributed by atoms with van der Waals surface area (Å²) in [4.78, 5) is 31.0. The van der Waals surface area contributed by atoms with Crippen molar-refractivity contribution < 1.29 is 80.4 Å². The molecule has 10 aromatic carbocycles. The average molecular weight is 2260 g/mol. The molecule has 11 heteroatoms. The van der Waals surface area contributed by atoms with Gasteiger partial charge < -0.3 is 34.9 Å². The average Bonchev–Trinajstić information content (AvgIpc) is 0.821. The smallest absolute Gasteiger partial charge is 0.0242 e. The van der Waals surface area contributed by atoms with Gasteiger partial charge in [-0.2, -0.15) is 0 Å². The monoisotopic (exact) mass is 2270 g/mol. The third-order valence-corrected chi connectivity index (χ3v) is 17.9. The molecular formula is C108H100Ir4N7-7. The van der Waals surface area contributed by atoms with Crippen LogP contribution >= 0.6 is 0 Å². The van der Waals surface area contributed by atoms with Crippen LogP contribution < -0.4 is 0 Å². The van der Waals surface area contributed by atoms with Gasteiger partial charge in [-0.3, -0.25) is 0 Å². The van der Waals surface area contributed by atoms with Crippen LogP contribution in [0.15, 0.2) is 353 Å². The molecular weight excluding hydrogens is 2160 g/mol. The number of aromatic nitrogens is 7. The van der Waals surface area contributed by atoms with E-state index in [2.05, 4.69) is 223 Å². The van der Waals surface area contributed by atoms with Crippen LogP contribution in [0.25, 0.3) is 112 Å². The van der Waals surface area contributed by atoms with Gasteiger partial charge in [0.25, 0.3) is 0 Å². The summed E-state index contributed by atoms with van der Waals surface area (Å²) in [5.41, 5.74) is 33.4. The van der Waals surface area contributed by atoms with Crippen molar-refractivity contribution >= 4 is 0 Å². The molecule has 17 rings (SSSR count). The SMILES string of the molecule is C.C.C.Cc1c[c-]c(-c2ccc(C)cn2)cc1.Cc1c[c-]c(-c2ccc(C)cn2)cc1.Cc1c[c-]c(-c2ccc(C)cn2)cc1.Cc1cc(-c2[c-]cccc2)ncc1-c1ccccc1.Cc1cc(-c2[c-]cccc2)ncc1-c1ccccc1.Cc1cc(-c2[c-]cccc2)ncc1-c1ccccc1.Cc1cc[c-]c(-c2ccccn2)c1.[Ir].[Ir].[Ir].[Ir]. The fourth-order valence-corrected chi connectivity index (χ4v) is 11.6. The molecule has 0 N–H and O–H groups in total. The third-order valence-electron chi connectivity index (χ3n) is 17.9. The molecule has 610 valence electrons. The number of rotatable bonds is 10. The summed E-state index contributed by atoms with van der Waals surface area (Å²) in [6, 6.07) is 126. The topological polar surface area (TPSA) is 90.2 Å².